The summed E-state index contributed by atoms with van der Waals surface area (Å²) in [6.45, 7) is 5.94. The highest BCUT2D eigenvalue weighted by molar-refractivity contribution is 8.02. The van der Waals surface area contributed by atoms with Crippen molar-refractivity contribution < 1.29 is 28.6 Å². The summed E-state index contributed by atoms with van der Waals surface area (Å²) in [4.78, 5) is 43.3. The van der Waals surface area contributed by atoms with Gasteiger partial charge in [0.15, 0.2) is 0 Å². The van der Waals surface area contributed by atoms with Crippen molar-refractivity contribution in [2.24, 2.45) is 0 Å². The molecule has 204 valence electrons. The number of hydrogen-bond acceptors (Lipinski definition) is 7. The molecule has 3 aromatic carbocycles. The van der Waals surface area contributed by atoms with Crippen LogP contribution in [0, 0.1) is 0 Å². The summed E-state index contributed by atoms with van der Waals surface area (Å²) in [6, 6.07) is 17.4. The van der Waals surface area contributed by atoms with Crippen molar-refractivity contribution in [2.45, 2.75) is 31.2 Å². The van der Waals surface area contributed by atoms with Gasteiger partial charge in [-0.3, -0.25) is 19.4 Å². The van der Waals surface area contributed by atoms with Gasteiger partial charge in [0, 0.05) is 16.8 Å². The van der Waals surface area contributed by atoms with E-state index in [0.29, 0.717) is 22.7 Å². The summed E-state index contributed by atoms with van der Waals surface area (Å²) in [5, 5.41) is 0. The Kier molecular flexibility index (Phi) is 5.96. The van der Waals surface area contributed by atoms with Gasteiger partial charge >= 0.3 is 5.97 Å². The fourth-order valence-corrected chi connectivity index (χ4v) is 7.24. The number of amides is 2. The van der Waals surface area contributed by atoms with E-state index in [1.54, 1.807) is 77.6 Å². The highest BCUT2D eigenvalue weighted by Gasteiger charge is 2.64. The molecule has 0 N–H and O–H groups in total. The van der Waals surface area contributed by atoms with Crippen molar-refractivity contribution in [2.75, 3.05) is 29.8 Å². The smallest absolute Gasteiger partial charge is 0.347 e. The van der Waals surface area contributed by atoms with Gasteiger partial charge in [0.25, 0.3) is 5.91 Å². The quantitative estimate of drug-likeness (QED) is 0.307. The Morgan fingerprint density at radius 1 is 0.925 bits per heavy atom. The zero-order valence-electron chi connectivity index (χ0n) is 22.8. The van der Waals surface area contributed by atoms with E-state index in [1.807, 2.05) is 26.8 Å². The summed E-state index contributed by atoms with van der Waals surface area (Å²) >= 11 is 1.28. The SMILES string of the molecule is COc1ccc(N2C(=O)CS[C@]23C(=O)N2c4c(cc(OC(=O)c5ccccc5OC)cc43)C(C)=CC2(C)C)cc1. The van der Waals surface area contributed by atoms with E-state index in [1.165, 1.54) is 18.9 Å². The number of anilines is 2. The summed E-state index contributed by atoms with van der Waals surface area (Å²) in [5.41, 5.74) is 3.29. The molecule has 1 saturated heterocycles. The van der Waals surface area contributed by atoms with Crippen LogP contribution in [0.1, 0.15) is 42.3 Å². The highest BCUT2D eigenvalue weighted by atomic mass is 32.2. The molecule has 0 aliphatic carbocycles. The monoisotopic (exact) mass is 556 g/mol. The second-order valence-electron chi connectivity index (χ2n) is 10.4. The Bertz CT molecular complexity index is 1610. The van der Waals surface area contributed by atoms with E-state index in [0.717, 1.165) is 16.8 Å². The molecule has 8 nitrogen and oxygen atoms in total. The summed E-state index contributed by atoms with van der Waals surface area (Å²) in [5.74, 6) is 0.462. The number of methoxy groups -OCH3 is 2. The molecule has 40 heavy (non-hydrogen) atoms. The first kappa shape index (κ1) is 26.0. The van der Waals surface area contributed by atoms with Gasteiger partial charge < -0.3 is 14.2 Å². The lowest BCUT2D eigenvalue weighted by Gasteiger charge is -2.40. The molecule has 3 heterocycles. The summed E-state index contributed by atoms with van der Waals surface area (Å²) in [7, 11) is 3.07. The van der Waals surface area contributed by atoms with Crippen LogP contribution in [0.2, 0.25) is 0 Å². The number of carbonyl (C=O) groups is 3. The Labute approximate surface area is 236 Å². The number of carbonyl (C=O) groups excluding carboxylic acids is 3. The van der Waals surface area contributed by atoms with E-state index in [4.69, 9.17) is 14.2 Å². The first-order valence-electron chi connectivity index (χ1n) is 12.8. The first-order valence-corrected chi connectivity index (χ1v) is 13.8. The Morgan fingerprint density at radius 2 is 1.65 bits per heavy atom. The summed E-state index contributed by atoms with van der Waals surface area (Å²) in [6.07, 6.45) is 2.03. The maximum absolute atomic E-state index is 14.5. The zero-order valence-corrected chi connectivity index (χ0v) is 23.6. The second kappa shape index (κ2) is 9.16. The number of allylic oxidation sites excluding steroid dienone is 1. The second-order valence-corrected chi connectivity index (χ2v) is 11.6. The molecule has 6 rings (SSSR count). The standard InChI is InChI=1S/C31H28N2O6S/c1-18-16-30(2,3)33-27-23(18)14-21(39-28(35)22-8-6-7-9-25(22)38-5)15-24(27)31(29(33)36)32(26(34)17-40-31)19-10-12-20(37-4)13-11-19/h6-16H,17H2,1-5H3/t31-/m1/s1. The van der Waals surface area contributed by atoms with E-state index in [9.17, 15) is 14.4 Å². The fraction of sp³-hybridized carbons (Fsp3) is 0.258. The van der Waals surface area contributed by atoms with Gasteiger partial charge in [-0.25, -0.2) is 4.79 Å². The van der Waals surface area contributed by atoms with Crippen molar-refractivity contribution in [3.05, 3.63) is 83.4 Å². The molecule has 9 heteroatoms. The Morgan fingerprint density at radius 3 is 2.35 bits per heavy atom. The number of benzene rings is 3. The average Bonchev–Trinajstić information content (AvgIpc) is 3.42. The molecular weight excluding hydrogens is 528 g/mol. The molecule has 0 unspecified atom stereocenters. The molecule has 3 aliphatic heterocycles. The number of esters is 1. The maximum atomic E-state index is 14.5. The predicted octanol–water partition coefficient (Wildman–Crippen LogP) is 5.40. The molecular formula is C31H28N2O6S. The third-order valence-corrected chi connectivity index (χ3v) is 8.96. The van der Waals surface area contributed by atoms with Gasteiger partial charge in [-0.2, -0.15) is 0 Å². The van der Waals surface area contributed by atoms with Crippen molar-refractivity contribution in [3.8, 4) is 17.2 Å². The van der Waals surface area contributed by atoms with Crippen LogP contribution in [0.4, 0.5) is 11.4 Å². The maximum Gasteiger partial charge on any atom is 0.347 e. The van der Waals surface area contributed by atoms with Crippen LogP contribution in [-0.4, -0.2) is 43.3 Å². The van der Waals surface area contributed by atoms with Gasteiger partial charge in [-0.15, -0.1) is 11.8 Å². The fourth-order valence-electron chi connectivity index (χ4n) is 5.92. The minimum Gasteiger partial charge on any atom is -0.497 e. The molecule has 2 amide bonds. The largest absolute Gasteiger partial charge is 0.497 e. The van der Waals surface area contributed by atoms with E-state index in [2.05, 4.69) is 0 Å². The van der Waals surface area contributed by atoms with Crippen LogP contribution in [0.15, 0.2) is 66.7 Å². The Hall–Kier alpha value is -4.24. The molecule has 3 aliphatic rings. The first-order chi connectivity index (χ1) is 19.1. The van der Waals surface area contributed by atoms with E-state index in [-0.39, 0.29) is 28.9 Å². The van der Waals surface area contributed by atoms with Gasteiger partial charge in [0.05, 0.1) is 31.2 Å². The lowest BCUT2D eigenvalue weighted by Crippen LogP contribution is -2.54. The van der Waals surface area contributed by atoms with Crippen molar-refractivity contribution in [1.29, 1.82) is 0 Å². The normalized spacial score (nSPS) is 20.5. The van der Waals surface area contributed by atoms with Crippen molar-refractivity contribution >= 4 is 46.5 Å². The lowest BCUT2D eigenvalue weighted by molar-refractivity contribution is -0.124. The van der Waals surface area contributed by atoms with E-state index < -0.39 is 16.4 Å². The van der Waals surface area contributed by atoms with Crippen LogP contribution in [0.3, 0.4) is 0 Å². The number of nitrogens with zero attached hydrogens (tertiary/aromatic N) is 2. The average molecular weight is 557 g/mol. The number of fused-ring (bicyclic) bond motifs is 1. The van der Waals surface area contributed by atoms with Crippen molar-refractivity contribution in [3.63, 3.8) is 0 Å². The van der Waals surface area contributed by atoms with Gasteiger partial charge in [-0.05, 0) is 74.9 Å². The van der Waals surface area contributed by atoms with Crippen LogP contribution in [-0.2, 0) is 14.5 Å². The molecule has 3 aromatic rings. The molecule has 0 bridgehead atoms. The third kappa shape index (κ3) is 3.64. The number of thioether (sulfide) groups is 1. The van der Waals surface area contributed by atoms with Crippen LogP contribution in [0.5, 0.6) is 17.2 Å². The van der Waals surface area contributed by atoms with Gasteiger partial charge in [0.1, 0.15) is 22.8 Å². The third-order valence-electron chi connectivity index (χ3n) is 7.57. The number of para-hydroxylation sites is 1. The molecule has 0 aromatic heterocycles. The molecule has 0 saturated carbocycles. The summed E-state index contributed by atoms with van der Waals surface area (Å²) < 4.78 is 16.6. The minimum atomic E-state index is -1.36. The van der Waals surface area contributed by atoms with Crippen LogP contribution in [0.25, 0.3) is 5.57 Å². The number of rotatable bonds is 5. The number of hydrogen-bond donors (Lipinski definition) is 0. The highest BCUT2D eigenvalue weighted by Crippen LogP contribution is 2.61. The lowest BCUT2D eigenvalue weighted by atomic mass is 9.89. The van der Waals surface area contributed by atoms with Crippen LogP contribution >= 0.6 is 11.8 Å². The molecule has 1 spiro atoms. The van der Waals surface area contributed by atoms with Gasteiger partial charge in [-0.1, -0.05) is 18.2 Å². The van der Waals surface area contributed by atoms with E-state index >= 15 is 0 Å². The number of ether oxygens (including phenoxy) is 3. The molecule has 1 atom stereocenters. The Balaban J connectivity index is 1.54. The van der Waals surface area contributed by atoms with Gasteiger partial charge in [0.2, 0.25) is 10.8 Å². The minimum absolute atomic E-state index is 0.123. The topological polar surface area (TPSA) is 85.4 Å². The van der Waals surface area contributed by atoms with Crippen LogP contribution < -0.4 is 24.0 Å². The zero-order chi connectivity index (χ0) is 28.4. The molecule has 0 radical (unpaired) electrons. The van der Waals surface area contributed by atoms with Crippen molar-refractivity contribution in [1.82, 2.24) is 0 Å². The predicted molar refractivity (Wildman–Crippen MR) is 154 cm³/mol. The molecule has 1 fully saturated rings.